The monoisotopic (exact) mass is 307 g/mol. The Hall–Kier alpha value is -2.82. The Labute approximate surface area is 135 Å². The molecule has 0 radical (unpaired) electrons. The first kappa shape index (κ1) is 15.1. The second-order valence-corrected chi connectivity index (χ2v) is 5.50. The van der Waals surface area contributed by atoms with Crippen molar-refractivity contribution >= 4 is 17.3 Å². The Morgan fingerprint density at radius 1 is 1.22 bits per heavy atom. The van der Waals surface area contributed by atoms with Gasteiger partial charge in [-0.2, -0.15) is 0 Å². The highest BCUT2D eigenvalue weighted by Crippen LogP contribution is 2.11. The Balaban J connectivity index is 1.68. The summed E-state index contributed by atoms with van der Waals surface area (Å²) in [5.41, 5.74) is 11.2. The molecule has 118 valence electrons. The van der Waals surface area contributed by atoms with Crippen LogP contribution in [0, 0.1) is 6.92 Å². The number of aliphatic imine (C=N–C) groups is 1. The Morgan fingerprint density at radius 3 is 2.70 bits per heavy atom. The normalized spacial score (nSPS) is 11.8. The molecule has 0 spiro atoms. The fourth-order valence-electron chi connectivity index (χ4n) is 2.45. The summed E-state index contributed by atoms with van der Waals surface area (Å²) in [4.78, 5) is 8.91. The molecule has 0 amide bonds. The Bertz CT molecular complexity index is 830. The molecule has 5 heteroatoms. The molecule has 3 N–H and O–H groups in total. The lowest BCUT2D eigenvalue weighted by Crippen LogP contribution is -2.22. The van der Waals surface area contributed by atoms with Crippen molar-refractivity contribution < 1.29 is 0 Å². The molecule has 3 rings (SSSR count). The van der Waals surface area contributed by atoms with Crippen LogP contribution in [0.25, 0.3) is 5.65 Å². The third kappa shape index (κ3) is 3.51. The summed E-state index contributed by atoms with van der Waals surface area (Å²) in [6.07, 6.45) is 3.02. The fraction of sp³-hybridized carbons (Fsp3) is 0.222. The molecule has 2 heterocycles. The fourth-order valence-corrected chi connectivity index (χ4v) is 2.45. The predicted molar refractivity (Wildman–Crippen MR) is 94.7 cm³/mol. The van der Waals surface area contributed by atoms with Gasteiger partial charge in [-0.05, 0) is 43.2 Å². The molecule has 23 heavy (non-hydrogen) atoms. The molecular weight excluding hydrogens is 286 g/mol. The van der Waals surface area contributed by atoms with Gasteiger partial charge in [0.25, 0.3) is 0 Å². The number of aromatic nitrogens is 2. The van der Waals surface area contributed by atoms with Crippen molar-refractivity contribution in [3.8, 4) is 0 Å². The molecule has 5 nitrogen and oxygen atoms in total. The number of benzene rings is 1. The number of aryl methyl sites for hydroxylation is 2. The zero-order chi connectivity index (χ0) is 16.2. The van der Waals surface area contributed by atoms with Crippen molar-refractivity contribution in [1.29, 1.82) is 0 Å². The van der Waals surface area contributed by atoms with E-state index in [1.165, 1.54) is 5.56 Å². The van der Waals surface area contributed by atoms with Crippen molar-refractivity contribution in [1.82, 2.24) is 9.38 Å². The van der Waals surface area contributed by atoms with E-state index < -0.39 is 0 Å². The number of nitrogens with two attached hydrogens (primary N) is 1. The summed E-state index contributed by atoms with van der Waals surface area (Å²) in [5.74, 6) is 0.392. The summed E-state index contributed by atoms with van der Waals surface area (Å²) < 4.78 is 2.05. The van der Waals surface area contributed by atoms with Crippen molar-refractivity contribution in [2.24, 2.45) is 10.7 Å². The third-order valence-electron chi connectivity index (χ3n) is 3.79. The van der Waals surface area contributed by atoms with Gasteiger partial charge in [0.2, 0.25) is 0 Å². The molecule has 0 unspecified atom stereocenters. The van der Waals surface area contributed by atoms with Gasteiger partial charge in [0.05, 0.1) is 12.2 Å². The maximum atomic E-state index is 5.95. The molecule has 2 aromatic heterocycles. The molecule has 0 aliphatic heterocycles. The largest absolute Gasteiger partial charge is 0.370 e. The van der Waals surface area contributed by atoms with E-state index >= 15 is 0 Å². The smallest absolute Gasteiger partial charge is 0.193 e. The molecule has 0 saturated heterocycles. The van der Waals surface area contributed by atoms with E-state index in [-0.39, 0.29) is 0 Å². The van der Waals surface area contributed by atoms with Crippen LogP contribution >= 0.6 is 0 Å². The summed E-state index contributed by atoms with van der Waals surface area (Å²) >= 11 is 0. The Morgan fingerprint density at radius 2 is 2.00 bits per heavy atom. The number of hydrogen-bond acceptors (Lipinski definition) is 2. The first-order chi connectivity index (χ1) is 11.2. The number of anilines is 1. The highest BCUT2D eigenvalue weighted by atomic mass is 15.1. The van der Waals surface area contributed by atoms with Crippen LogP contribution in [0.3, 0.4) is 0 Å². The first-order valence-electron chi connectivity index (χ1n) is 7.75. The molecule has 1 aromatic carbocycles. The minimum Gasteiger partial charge on any atom is -0.370 e. The van der Waals surface area contributed by atoms with Gasteiger partial charge in [0.1, 0.15) is 5.65 Å². The average molecular weight is 307 g/mol. The highest BCUT2D eigenvalue weighted by molar-refractivity contribution is 5.92. The van der Waals surface area contributed by atoms with Crippen LogP contribution in [0.1, 0.15) is 23.9 Å². The van der Waals surface area contributed by atoms with Gasteiger partial charge in [0, 0.05) is 17.6 Å². The third-order valence-corrected chi connectivity index (χ3v) is 3.79. The maximum absolute atomic E-state index is 5.95. The van der Waals surface area contributed by atoms with Gasteiger partial charge >= 0.3 is 0 Å². The molecule has 0 atom stereocenters. The highest BCUT2D eigenvalue weighted by Gasteiger charge is 2.03. The van der Waals surface area contributed by atoms with Gasteiger partial charge in [0.15, 0.2) is 5.96 Å². The molecule has 0 bridgehead atoms. The summed E-state index contributed by atoms with van der Waals surface area (Å²) in [5, 5.41) is 3.10. The zero-order valence-electron chi connectivity index (χ0n) is 13.5. The van der Waals surface area contributed by atoms with E-state index in [1.807, 2.05) is 30.5 Å². The van der Waals surface area contributed by atoms with Crippen LogP contribution in [0.2, 0.25) is 0 Å². The summed E-state index contributed by atoms with van der Waals surface area (Å²) in [6.45, 7) is 4.64. The van der Waals surface area contributed by atoms with E-state index in [0.29, 0.717) is 12.5 Å². The van der Waals surface area contributed by atoms with Crippen LogP contribution in [0.4, 0.5) is 5.69 Å². The Kier molecular flexibility index (Phi) is 4.28. The number of imidazole rings is 1. The lowest BCUT2D eigenvalue weighted by atomic mass is 10.1. The first-order valence-corrected chi connectivity index (χ1v) is 7.75. The van der Waals surface area contributed by atoms with Gasteiger partial charge in [-0.25, -0.2) is 9.98 Å². The van der Waals surface area contributed by atoms with E-state index in [9.17, 15) is 0 Å². The van der Waals surface area contributed by atoms with Crippen molar-refractivity contribution in [3.63, 3.8) is 0 Å². The second-order valence-electron chi connectivity index (χ2n) is 5.50. The molecule has 0 aliphatic rings. The lowest BCUT2D eigenvalue weighted by molar-refractivity contribution is 1.00. The number of guanidine groups is 1. The van der Waals surface area contributed by atoms with E-state index in [4.69, 9.17) is 5.73 Å². The van der Waals surface area contributed by atoms with E-state index in [1.54, 1.807) is 0 Å². The second kappa shape index (κ2) is 6.52. The van der Waals surface area contributed by atoms with Crippen LogP contribution in [-0.4, -0.2) is 15.3 Å². The molecule has 0 fully saturated rings. The molecule has 0 aliphatic carbocycles. The zero-order valence-corrected chi connectivity index (χ0v) is 13.5. The van der Waals surface area contributed by atoms with Crippen molar-refractivity contribution in [3.05, 3.63) is 65.6 Å². The number of pyridine rings is 1. The molecular formula is C18H21N5. The number of fused-ring (bicyclic) bond motifs is 1. The summed E-state index contributed by atoms with van der Waals surface area (Å²) in [6, 6.07) is 14.2. The maximum Gasteiger partial charge on any atom is 0.193 e. The van der Waals surface area contributed by atoms with Crippen LogP contribution in [0.15, 0.2) is 53.7 Å². The molecule has 0 saturated carbocycles. The van der Waals surface area contributed by atoms with Gasteiger partial charge in [-0.1, -0.05) is 25.1 Å². The summed E-state index contributed by atoms with van der Waals surface area (Å²) in [7, 11) is 0. The van der Waals surface area contributed by atoms with Crippen LogP contribution in [-0.2, 0) is 13.0 Å². The van der Waals surface area contributed by atoms with Gasteiger partial charge < -0.3 is 15.5 Å². The minimum absolute atomic E-state index is 0.392. The number of rotatable bonds is 4. The van der Waals surface area contributed by atoms with Crippen LogP contribution < -0.4 is 11.1 Å². The number of hydrogen-bond donors (Lipinski definition) is 2. The van der Waals surface area contributed by atoms with Crippen LogP contribution in [0.5, 0.6) is 0 Å². The van der Waals surface area contributed by atoms with Crippen molar-refractivity contribution in [2.45, 2.75) is 26.8 Å². The average Bonchev–Trinajstić information content (AvgIpc) is 2.98. The quantitative estimate of drug-likeness (QED) is 0.575. The van der Waals surface area contributed by atoms with Crippen molar-refractivity contribution in [2.75, 3.05) is 5.32 Å². The van der Waals surface area contributed by atoms with Gasteiger partial charge in [-0.15, -0.1) is 0 Å². The minimum atomic E-state index is 0.392. The van der Waals surface area contributed by atoms with E-state index in [2.05, 4.69) is 51.7 Å². The molecule has 3 aromatic rings. The standard InChI is InChI=1S/C18H21N5/c1-3-14-7-9-15(10-8-14)22-18(19)20-11-16-12-23-13(2)5-4-6-17(23)21-16/h4-10,12H,3,11H2,1-2H3,(H3,19,20,22). The van der Waals surface area contributed by atoms with Gasteiger partial charge in [-0.3, -0.25) is 0 Å². The number of nitrogens with one attached hydrogen (secondary N) is 1. The number of nitrogens with zero attached hydrogens (tertiary/aromatic N) is 3. The predicted octanol–water partition coefficient (Wildman–Crippen LogP) is 3.13. The SMILES string of the molecule is CCc1ccc(NC(N)=NCc2cn3c(C)cccc3n2)cc1. The lowest BCUT2D eigenvalue weighted by Gasteiger charge is -2.06. The topological polar surface area (TPSA) is 67.7 Å². The van der Waals surface area contributed by atoms with E-state index in [0.717, 1.165) is 29.1 Å².